The van der Waals surface area contributed by atoms with Crippen molar-refractivity contribution < 1.29 is 23.1 Å². The smallest absolute Gasteiger partial charge is 0.336 e. The minimum Gasteiger partial charge on any atom is -0.478 e. The molecule has 2 N–H and O–H groups in total. The summed E-state index contributed by atoms with van der Waals surface area (Å²) in [7, 11) is -4.13. The Morgan fingerprint density at radius 3 is 2.33 bits per heavy atom. The summed E-state index contributed by atoms with van der Waals surface area (Å²) in [6.07, 6.45) is 1.18. The predicted molar refractivity (Wildman–Crippen MR) is 126 cm³/mol. The number of carbonyl (C=O) groups excluding carboxylic acids is 1. The summed E-state index contributed by atoms with van der Waals surface area (Å²) in [4.78, 5) is 23.9. The number of benzene rings is 3. The monoisotopic (exact) mass is 485 g/mol. The molecule has 0 radical (unpaired) electrons. The van der Waals surface area contributed by atoms with Crippen LogP contribution in [0.25, 0.3) is 0 Å². The zero-order valence-electron chi connectivity index (χ0n) is 17.5. The summed E-state index contributed by atoms with van der Waals surface area (Å²) >= 11 is 6.23. The van der Waals surface area contributed by atoms with Gasteiger partial charge in [-0.05, 0) is 37.3 Å². The quantitative estimate of drug-likeness (QED) is 0.373. The van der Waals surface area contributed by atoms with Gasteiger partial charge in [0.25, 0.3) is 15.9 Å². The number of rotatable bonds is 8. The number of nitrogens with one attached hydrogen (secondary N) is 1. The number of hydrazone groups is 1. The van der Waals surface area contributed by atoms with E-state index >= 15 is 0 Å². The second-order valence-electron chi connectivity index (χ2n) is 6.96. The fraction of sp³-hybridized carbons (Fsp3) is 0.0870. The molecule has 3 rings (SSSR count). The number of nitrogens with zero attached hydrogens (tertiary/aromatic N) is 2. The highest BCUT2D eigenvalue weighted by molar-refractivity contribution is 7.92. The Balaban J connectivity index is 1.87. The van der Waals surface area contributed by atoms with Crippen LogP contribution in [0.15, 0.2) is 82.8 Å². The number of amides is 1. The number of carbonyl (C=O) groups is 2. The van der Waals surface area contributed by atoms with Crippen molar-refractivity contribution in [2.75, 3.05) is 10.8 Å². The van der Waals surface area contributed by atoms with E-state index in [1.807, 2.05) is 6.92 Å². The van der Waals surface area contributed by atoms with E-state index in [2.05, 4.69) is 10.5 Å². The predicted octanol–water partition coefficient (Wildman–Crippen LogP) is 3.69. The van der Waals surface area contributed by atoms with Gasteiger partial charge in [-0.15, -0.1) is 0 Å². The van der Waals surface area contributed by atoms with E-state index in [1.54, 1.807) is 36.4 Å². The SMILES string of the molecule is Cc1ccc(S(=O)(=O)N(CC(=O)N/N=C\c2ccccc2C(=O)O)c2ccccc2Cl)cc1. The number of hydrogen-bond donors (Lipinski definition) is 2. The largest absolute Gasteiger partial charge is 0.478 e. The molecule has 0 aromatic heterocycles. The Bertz CT molecular complexity index is 1310. The van der Waals surface area contributed by atoms with Crippen molar-refractivity contribution in [1.29, 1.82) is 0 Å². The van der Waals surface area contributed by atoms with Crippen LogP contribution in [0, 0.1) is 6.92 Å². The van der Waals surface area contributed by atoms with Crippen LogP contribution in [-0.2, 0) is 14.8 Å². The standard InChI is InChI=1S/C23H20ClN3O5S/c1-16-10-12-18(13-11-16)33(31,32)27(21-9-5-4-8-20(21)24)15-22(28)26-25-14-17-6-2-3-7-19(17)23(29)30/h2-14H,15H2,1H3,(H,26,28)(H,29,30)/b25-14-. The fourth-order valence-electron chi connectivity index (χ4n) is 2.94. The first-order valence-electron chi connectivity index (χ1n) is 9.68. The Kier molecular flexibility index (Phi) is 7.47. The molecule has 170 valence electrons. The van der Waals surface area contributed by atoms with Crippen LogP contribution >= 0.6 is 11.6 Å². The number of para-hydroxylation sites is 1. The summed E-state index contributed by atoms with van der Waals surface area (Å²) in [5, 5.41) is 13.2. The van der Waals surface area contributed by atoms with Gasteiger partial charge in [0.05, 0.1) is 27.4 Å². The maximum Gasteiger partial charge on any atom is 0.336 e. The minimum atomic E-state index is -4.13. The molecule has 0 bridgehead atoms. The van der Waals surface area contributed by atoms with Crippen molar-refractivity contribution >= 4 is 45.4 Å². The number of anilines is 1. The van der Waals surface area contributed by atoms with Crippen molar-refractivity contribution in [2.24, 2.45) is 5.10 Å². The molecule has 0 atom stereocenters. The zero-order chi connectivity index (χ0) is 24.0. The van der Waals surface area contributed by atoms with Gasteiger partial charge in [0.1, 0.15) is 6.54 Å². The molecule has 0 fully saturated rings. The highest BCUT2D eigenvalue weighted by Crippen LogP contribution is 2.30. The molecule has 0 saturated heterocycles. The van der Waals surface area contributed by atoms with Gasteiger partial charge < -0.3 is 5.11 Å². The van der Waals surface area contributed by atoms with Crippen LogP contribution < -0.4 is 9.73 Å². The zero-order valence-corrected chi connectivity index (χ0v) is 19.0. The molecule has 0 aliphatic rings. The molecule has 3 aromatic carbocycles. The Morgan fingerprint density at radius 1 is 1.03 bits per heavy atom. The Morgan fingerprint density at radius 2 is 1.67 bits per heavy atom. The van der Waals surface area contributed by atoms with E-state index < -0.39 is 28.4 Å². The highest BCUT2D eigenvalue weighted by atomic mass is 35.5. The third-order valence-electron chi connectivity index (χ3n) is 4.60. The van der Waals surface area contributed by atoms with E-state index in [1.165, 1.54) is 42.6 Å². The summed E-state index contributed by atoms with van der Waals surface area (Å²) in [6, 6.07) is 18.6. The molecule has 10 heteroatoms. The number of aryl methyl sites for hydroxylation is 1. The normalized spacial score (nSPS) is 11.3. The summed E-state index contributed by atoms with van der Waals surface area (Å²) < 4.78 is 27.6. The van der Waals surface area contributed by atoms with Crippen LogP contribution in [0.5, 0.6) is 0 Å². The van der Waals surface area contributed by atoms with Gasteiger partial charge in [0, 0.05) is 5.56 Å². The molecule has 8 nitrogen and oxygen atoms in total. The van der Waals surface area contributed by atoms with Gasteiger partial charge in [-0.1, -0.05) is 59.6 Å². The highest BCUT2D eigenvalue weighted by Gasteiger charge is 2.28. The summed E-state index contributed by atoms with van der Waals surface area (Å²) in [5.74, 6) is -1.88. The maximum absolute atomic E-state index is 13.3. The third kappa shape index (κ3) is 5.76. The van der Waals surface area contributed by atoms with Gasteiger partial charge in [0.2, 0.25) is 0 Å². The molecule has 0 spiro atoms. The van der Waals surface area contributed by atoms with Gasteiger partial charge in [0.15, 0.2) is 0 Å². The summed E-state index contributed by atoms with van der Waals surface area (Å²) in [6.45, 7) is 1.23. The number of carboxylic acids is 1. The van der Waals surface area contributed by atoms with Crippen molar-refractivity contribution in [1.82, 2.24) is 5.43 Å². The second kappa shape index (κ2) is 10.3. The number of sulfonamides is 1. The average molecular weight is 486 g/mol. The number of carboxylic acid groups (broad SMARTS) is 1. The van der Waals surface area contributed by atoms with E-state index in [0.29, 0.717) is 0 Å². The van der Waals surface area contributed by atoms with Gasteiger partial charge in [-0.3, -0.25) is 9.10 Å². The van der Waals surface area contributed by atoms with Crippen LogP contribution in [0.3, 0.4) is 0 Å². The molecule has 3 aromatic rings. The van der Waals surface area contributed by atoms with Crippen LogP contribution in [0.4, 0.5) is 5.69 Å². The van der Waals surface area contributed by atoms with Crippen LogP contribution in [0.1, 0.15) is 21.5 Å². The van der Waals surface area contributed by atoms with E-state index in [-0.39, 0.29) is 26.7 Å². The number of halogens is 1. The molecule has 0 unspecified atom stereocenters. The van der Waals surface area contributed by atoms with E-state index in [4.69, 9.17) is 11.6 Å². The summed E-state index contributed by atoms with van der Waals surface area (Å²) in [5.41, 5.74) is 3.54. The van der Waals surface area contributed by atoms with Crippen molar-refractivity contribution in [3.63, 3.8) is 0 Å². The fourth-order valence-corrected chi connectivity index (χ4v) is 4.66. The second-order valence-corrected chi connectivity index (χ2v) is 9.23. The lowest BCUT2D eigenvalue weighted by atomic mass is 10.1. The lowest BCUT2D eigenvalue weighted by Gasteiger charge is -2.24. The average Bonchev–Trinajstić information content (AvgIpc) is 2.78. The van der Waals surface area contributed by atoms with Crippen molar-refractivity contribution in [3.8, 4) is 0 Å². The van der Waals surface area contributed by atoms with Crippen LogP contribution in [-0.4, -0.2) is 38.2 Å². The molecule has 33 heavy (non-hydrogen) atoms. The van der Waals surface area contributed by atoms with Crippen molar-refractivity contribution in [3.05, 3.63) is 94.5 Å². The first-order chi connectivity index (χ1) is 15.7. The van der Waals surface area contributed by atoms with Gasteiger partial charge >= 0.3 is 5.97 Å². The lowest BCUT2D eigenvalue weighted by Crippen LogP contribution is -2.39. The van der Waals surface area contributed by atoms with E-state index in [9.17, 15) is 23.1 Å². The molecule has 0 saturated carbocycles. The first-order valence-corrected chi connectivity index (χ1v) is 11.5. The van der Waals surface area contributed by atoms with E-state index in [0.717, 1.165) is 9.87 Å². The maximum atomic E-state index is 13.3. The lowest BCUT2D eigenvalue weighted by molar-refractivity contribution is -0.119. The molecule has 0 heterocycles. The topological polar surface area (TPSA) is 116 Å². The van der Waals surface area contributed by atoms with Gasteiger partial charge in [-0.2, -0.15) is 5.10 Å². The van der Waals surface area contributed by atoms with Crippen molar-refractivity contribution in [2.45, 2.75) is 11.8 Å². The third-order valence-corrected chi connectivity index (χ3v) is 6.69. The molecule has 0 aliphatic carbocycles. The number of hydrogen-bond acceptors (Lipinski definition) is 5. The number of aromatic carboxylic acids is 1. The first kappa shape index (κ1) is 24.0. The van der Waals surface area contributed by atoms with Gasteiger partial charge in [-0.25, -0.2) is 18.6 Å². The molecular formula is C23H20ClN3O5S. The molecule has 1 amide bonds. The minimum absolute atomic E-state index is 0.000272. The van der Waals surface area contributed by atoms with Crippen LogP contribution in [0.2, 0.25) is 5.02 Å². The molecule has 0 aliphatic heterocycles. The molecular weight excluding hydrogens is 466 g/mol. The Labute approximate surface area is 196 Å². The Hall–Kier alpha value is -3.69.